The molecule has 2 aliphatic rings. The molecule has 0 bridgehead atoms. The van der Waals surface area contributed by atoms with Gasteiger partial charge in [0.05, 0.1) is 0 Å². The van der Waals surface area contributed by atoms with E-state index < -0.39 is 0 Å². The van der Waals surface area contributed by atoms with E-state index in [0.717, 1.165) is 31.8 Å². The zero-order valence-corrected chi connectivity index (χ0v) is 12.1. The molecule has 1 saturated heterocycles. The van der Waals surface area contributed by atoms with Crippen LogP contribution in [0, 0.1) is 0 Å². The van der Waals surface area contributed by atoms with Gasteiger partial charge in [0.25, 0.3) is 0 Å². The largest absolute Gasteiger partial charge is 0.336 e. The maximum atomic E-state index is 12.8. The molecular weight excluding hydrogens is 256 g/mol. The number of hydrogen-bond acceptors (Lipinski definition) is 3. The van der Waals surface area contributed by atoms with Gasteiger partial charge in [-0.15, -0.1) is 11.8 Å². The Hall–Kier alpha value is -1.00. The monoisotopic (exact) mass is 276 g/mol. The highest BCUT2D eigenvalue weighted by Gasteiger charge is 2.33. The molecule has 0 saturated carbocycles. The van der Waals surface area contributed by atoms with Gasteiger partial charge in [-0.05, 0) is 30.2 Å². The number of carbonyl (C=O) groups is 1. The predicted octanol–water partition coefficient (Wildman–Crippen LogP) is 1.84. The van der Waals surface area contributed by atoms with E-state index in [1.54, 1.807) is 11.8 Å². The topological polar surface area (TPSA) is 32.3 Å². The molecule has 3 rings (SSSR count). The molecule has 2 atom stereocenters. The van der Waals surface area contributed by atoms with Crippen molar-refractivity contribution in [3.63, 3.8) is 0 Å². The second kappa shape index (κ2) is 5.55. The summed E-state index contributed by atoms with van der Waals surface area (Å²) in [5.74, 6) is 1.35. The molecule has 0 spiro atoms. The van der Waals surface area contributed by atoms with Crippen LogP contribution in [0.1, 0.15) is 23.3 Å². The van der Waals surface area contributed by atoms with E-state index in [4.69, 9.17) is 0 Å². The molecule has 0 radical (unpaired) electrons. The van der Waals surface area contributed by atoms with Gasteiger partial charge in [-0.3, -0.25) is 4.79 Å². The number of nitrogens with zero attached hydrogens (tertiary/aromatic N) is 1. The van der Waals surface area contributed by atoms with Gasteiger partial charge in [-0.1, -0.05) is 24.3 Å². The van der Waals surface area contributed by atoms with Gasteiger partial charge >= 0.3 is 0 Å². The Morgan fingerprint density at radius 1 is 1.42 bits per heavy atom. The molecule has 4 heteroatoms. The summed E-state index contributed by atoms with van der Waals surface area (Å²) in [7, 11) is 0. The Kier molecular flexibility index (Phi) is 3.80. The number of amides is 1. The van der Waals surface area contributed by atoms with Crippen LogP contribution in [-0.2, 0) is 11.2 Å². The van der Waals surface area contributed by atoms with Crippen molar-refractivity contribution < 1.29 is 4.79 Å². The summed E-state index contributed by atoms with van der Waals surface area (Å²) in [5.41, 5.74) is 2.58. The normalized spacial score (nSPS) is 26.9. The lowest BCUT2D eigenvalue weighted by Crippen LogP contribution is -2.53. The molecule has 3 nitrogen and oxygen atoms in total. The van der Waals surface area contributed by atoms with Crippen LogP contribution in [0.15, 0.2) is 24.3 Å². The van der Waals surface area contributed by atoms with E-state index in [9.17, 15) is 4.79 Å². The lowest BCUT2D eigenvalue weighted by molar-refractivity contribution is -0.133. The minimum Gasteiger partial charge on any atom is -0.336 e. The van der Waals surface area contributed by atoms with Crippen LogP contribution in [0.3, 0.4) is 0 Å². The molecule has 2 aliphatic heterocycles. The van der Waals surface area contributed by atoms with Gasteiger partial charge in [-0.25, -0.2) is 0 Å². The number of piperazine rings is 1. The Morgan fingerprint density at radius 2 is 2.26 bits per heavy atom. The first-order chi connectivity index (χ1) is 9.27. The molecule has 1 unspecified atom stereocenters. The number of rotatable bonds is 1. The fourth-order valence-corrected chi connectivity index (χ4v) is 4.18. The Balaban J connectivity index is 1.84. The highest BCUT2D eigenvalue weighted by molar-refractivity contribution is 8.00. The molecule has 1 aromatic carbocycles. The highest BCUT2D eigenvalue weighted by Crippen LogP contribution is 2.38. The number of benzene rings is 1. The third-order valence-corrected chi connectivity index (χ3v) is 5.23. The smallest absolute Gasteiger partial charge is 0.240 e. The van der Waals surface area contributed by atoms with Gasteiger partial charge in [-0.2, -0.15) is 0 Å². The van der Waals surface area contributed by atoms with Crippen molar-refractivity contribution in [1.29, 1.82) is 0 Å². The van der Waals surface area contributed by atoms with Crippen molar-refractivity contribution in [2.24, 2.45) is 0 Å². The zero-order valence-electron chi connectivity index (χ0n) is 11.3. The summed E-state index contributed by atoms with van der Waals surface area (Å²) in [6, 6.07) is 8.71. The molecule has 0 aliphatic carbocycles. The lowest BCUT2D eigenvalue weighted by atomic mass is 10.00. The number of fused-ring (bicyclic) bond motifs is 1. The molecule has 1 N–H and O–H groups in total. The zero-order chi connectivity index (χ0) is 13.2. The van der Waals surface area contributed by atoms with Gasteiger partial charge in [0.1, 0.15) is 5.25 Å². The van der Waals surface area contributed by atoms with Gasteiger partial charge < -0.3 is 10.2 Å². The van der Waals surface area contributed by atoms with Gasteiger partial charge in [0.15, 0.2) is 0 Å². The minimum atomic E-state index is 0.00509. The fourth-order valence-electron chi connectivity index (χ4n) is 2.92. The van der Waals surface area contributed by atoms with Crippen LogP contribution in [-0.4, -0.2) is 42.2 Å². The molecule has 0 aromatic heterocycles. The minimum absolute atomic E-state index is 0.00509. The first-order valence-corrected chi connectivity index (χ1v) is 8.03. The number of carbonyl (C=O) groups excluding carboxylic acids is 1. The molecule has 102 valence electrons. The van der Waals surface area contributed by atoms with E-state index in [1.165, 1.54) is 11.1 Å². The van der Waals surface area contributed by atoms with Gasteiger partial charge in [0, 0.05) is 25.7 Å². The first kappa shape index (κ1) is 13.0. The Labute approximate surface area is 118 Å². The van der Waals surface area contributed by atoms with E-state index in [1.807, 2.05) is 6.07 Å². The van der Waals surface area contributed by atoms with Crippen LogP contribution >= 0.6 is 11.8 Å². The van der Waals surface area contributed by atoms with Crippen LogP contribution in [0.5, 0.6) is 0 Å². The third kappa shape index (κ3) is 2.51. The maximum Gasteiger partial charge on any atom is 0.240 e. The molecule has 1 amide bonds. The summed E-state index contributed by atoms with van der Waals surface area (Å²) < 4.78 is 0. The average molecular weight is 276 g/mol. The first-order valence-electron chi connectivity index (χ1n) is 6.98. The third-order valence-electron chi connectivity index (χ3n) is 4.00. The Bertz CT molecular complexity index is 477. The second-order valence-corrected chi connectivity index (χ2v) is 6.50. The number of thioether (sulfide) groups is 1. The Morgan fingerprint density at radius 3 is 3.11 bits per heavy atom. The van der Waals surface area contributed by atoms with Crippen LogP contribution in [0.2, 0.25) is 0 Å². The van der Waals surface area contributed by atoms with Crippen molar-refractivity contribution in [3.05, 3.63) is 35.4 Å². The second-order valence-electron chi connectivity index (χ2n) is 5.28. The molecule has 1 aromatic rings. The molecule has 1 fully saturated rings. The number of aryl methyl sites for hydroxylation is 1. The number of nitrogens with one attached hydrogen (secondary N) is 1. The van der Waals surface area contributed by atoms with Crippen molar-refractivity contribution in [1.82, 2.24) is 10.2 Å². The summed E-state index contributed by atoms with van der Waals surface area (Å²) in [5, 5.41) is 3.35. The predicted molar refractivity (Wildman–Crippen MR) is 79.4 cm³/mol. The molecule has 19 heavy (non-hydrogen) atoms. The summed E-state index contributed by atoms with van der Waals surface area (Å²) >= 11 is 1.80. The fraction of sp³-hybridized carbons (Fsp3) is 0.533. The van der Waals surface area contributed by atoms with Crippen molar-refractivity contribution in [2.75, 3.05) is 25.4 Å². The quantitative estimate of drug-likeness (QED) is 0.849. The summed E-state index contributed by atoms with van der Waals surface area (Å²) in [6.45, 7) is 4.78. The van der Waals surface area contributed by atoms with Crippen LogP contribution in [0.25, 0.3) is 0 Å². The average Bonchev–Trinajstić information content (AvgIpc) is 2.46. The van der Waals surface area contributed by atoms with Crippen molar-refractivity contribution >= 4 is 17.7 Å². The van der Waals surface area contributed by atoms with E-state index >= 15 is 0 Å². The van der Waals surface area contributed by atoms with Crippen molar-refractivity contribution in [3.8, 4) is 0 Å². The lowest BCUT2D eigenvalue weighted by Gasteiger charge is -2.37. The van der Waals surface area contributed by atoms with Crippen LogP contribution < -0.4 is 5.32 Å². The standard InChI is InChI=1S/C15H20N2OS/c1-11-10-16-7-8-17(11)15(18)14-13-5-3-2-4-12(13)6-9-19-14/h2-5,11,14,16H,6-10H2,1H3/t11-,14?/m1/s1. The van der Waals surface area contributed by atoms with Crippen molar-refractivity contribution in [2.45, 2.75) is 24.6 Å². The van der Waals surface area contributed by atoms with Gasteiger partial charge in [0.2, 0.25) is 5.91 Å². The summed E-state index contributed by atoms with van der Waals surface area (Å²) in [6.07, 6.45) is 1.09. The molecular formula is C15H20N2OS. The van der Waals surface area contributed by atoms with E-state index in [2.05, 4.69) is 35.3 Å². The molecule has 2 heterocycles. The van der Waals surface area contributed by atoms with Crippen LogP contribution in [0.4, 0.5) is 0 Å². The highest BCUT2D eigenvalue weighted by atomic mass is 32.2. The SMILES string of the molecule is C[C@@H]1CNCCN1C(=O)C1SCCc2ccccc21. The van der Waals surface area contributed by atoms with E-state index in [0.29, 0.717) is 11.9 Å². The maximum absolute atomic E-state index is 12.8. The number of hydrogen-bond donors (Lipinski definition) is 1. The van der Waals surface area contributed by atoms with E-state index in [-0.39, 0.29) is 5.25 Å². The summed E-state index contributed by atoms with van der Waals surface area (Å²) in [4.78, 5) is 14.9.